The van der Waals surface area contributed by atoms with Crippen LogP contribution in [-0.4, -0.2) is 35.9 Å². The fourth-order valence-corrected chi connectivity index (χ4v) is 1.28. The van der Waals surface area contributed by atoms with Crippen molar-refractivity contribution in [2.24, 2.45) is 17.9 Å². The monoisotopic (exact) mass is 211 g/mol. The number of amidine groups is 1. The van der Waals surface area contributed by atoms with E-state index in [0.717, 1.165) is 11.4 Å². The van der Waals surface area contributed by atoms with Gasteiger partial charge in [0.25, 0.3) is 0 Å². The molecule has 0 fully saturated rings. The van der Waals surface area contributed by atoms with Crippen molar-refractivity contribution in [2.75, 3.05) is 20.3 Å². The van der Waals surface area contributed by atoms with Crippen molar-refractivity contribution in [3.63, 3.8) is 0 Å². The number of aromatic nitrogens is 2. The minimum Gasteiger partial charge on any atom is -0.383 e. The van der Waals surface area contributed by atoms with Crippen LogP contribution in [0, 0.1) is 6.92 Å². The molecule has 1 heterocycles. The highest BCUT2D eigenvalue weighted by atomic mass is 16.5. The molecule has 0 saturated carbocycles. The molecule has 1 aromatic heterocycles. The third-order valence-corrected chi connectivity index (χ3v) is 1.95. The number of methoxy groups -OCH3 is 1. The molecule has 0 amide bonds. The summed E-state index contributed by atoms with van der Waals surface area (Å²) in [7, 11) is 3.49. The molecule has 3 N–H and O–H groups in total. The first kappa shape index (κ1) is 11.7. The minimum absolute atomic E-state index is 0.570. The van der Waals surface area contributed by atoms with Gasteiger partial charge < -0.3 is 10.2 Å². The lowest BCUT2D eigenvalue weighted by molar-refractivity contribution is 0.208. The molecule has 0 aromatic carbocycles. The quantitative estimate of drug-likeness (QED) is 0.233. The van der Waals surface area contributed by atoms with E-state index in [4.69, 9.17) is 10.6 Å². The van der Waals surface area contributed by atoms with Gasteiger partial charge in [0.1, 0.15) is 5.69 Å². The summed E-state index contributed by atoms with van der Waals surface area (Å²) in [6, 6.07) is 1.92. The number of rotatable bonds is 4. The summed E-state index contributed by atoms with van der Waals surface area (Å²) in [6.45, 7) is 3.06. The molecule has 6 nitrogen and oxygen atoms in total. The Morgan fingerprint density at radius 3 is 2.93 bits per heavy atom. The minimum atomic E-state index is 0.570. The summed E-state index contributed by atoms with van der Waals surface area (Å²) >= 11 is 0. The fraction of sp³-hybridized carbons (Fsp3) is 0.556. The maximum atomic E-state index is 5.40. The van der Waals surface area contributed by atoms with E-state index in [0.29, 0.717) is 19.0 Å². The number of nitrogens with one attached hydrogen (secondary N) is 1. The van der Waals surface area contributed by atoms with E-state index < -0.39 is 0 Å². The van der Waals surface area contributed by atoms with Crippen molar-refractivity contribution in [3.8, 4) is 0 Å². The SMILES string of the molecule is COCCN=C(NN)c1cc(C)nn1C. The van der Waals surface area contributed by atoms with Crippen LogP contribution in [0.2, 0.25) is 0 Å². The van der Waals surface area contributed by atoms with Gasteiger partial charge in [0.15, 0.2) is 5.84 Å². The molecule has 0 atom stereocenters. The van der Waals surface area contributed by atoms with Crippen LogP contribution in [0.1, 0.15) is 11.4 Å². The van der Waals surface area contributed by atoms with Crippen LogP contribution in [0.5, 0.6) is 0 Å². The van der Waals surface area contributed by atoms with Crippen molar-refractivity contribution in [1.82, 2.24) is 15.2 Å². The number of ether oxygens (including phenoxy) is 1. The lowest BCUT2D eigenvalue weighted by Crippen LogP contribution is -2.33. The first-order valence-corrected chi connectivity index (χ1v) is 4.70. The molecule has 0 spiro atoms. The van der Waals surface area contributed by atoms with Gasteiger partial charge in [-0.05, 0) is 13.0 Å². The molecule has 0 aliphatic rings. The molecule has 6 heteroatoms. The Morgan fingerprint density at radius 2 is 2.47 bits per heavy atom. The summed E-state index contributed by atoms with van der Waals surface area (Å²) in [5.41, 5.74) is 4.36. The zero-order valence-corrected chi connectivity index (χ0v) is 9.32. The first-order chi connectivity index (χ1) is 7.19. The van der Waals surface area contributed by atoms with Crippen LogP contribution in [0.25, 0.3) is 0 Å². The average molecular weight is 211 g/mol. The molecule has 0 bridgehead atoms. The van der Waals surface area contributed by atoms with E-state index in [-0.39, 0.29) is 0 Å². The largest absolute Gasteiger partial charge is 0.383 e. The molecule has 0 aliphatic carbocycles. The molecule has 0 unspecified atom stereocenters. The van der Waals surface area contributed by atoms with E-state index in [1.807, 2.05) is 20.0 Å². The van der Waals surface area contributed by atoms with Gasteiger partial charge in [0.2, 0.25) is 0 Å². The fourth-order valence-electron chi connectivity index (χ4n) is 1.28. The normalized spacial score (nSPS) is 11.9. The molecule has 1 aromatic rings. The van der Waals surface area contributed by atoms with Gasteiger partial charge in [-0.2, -0.15) is 5.10 Å². The van der Waals surface area contributed by atoms with E-state index in [2.05, 4.69) is 15.5 Å². The van der Waals surface area contributed by atoms with E-state index in [1.54, 1.807) is 11.8 Å². The van der Waals surface area contributed by atoms with Crippen molar-refractivity contribution < 1.29 is 4.74 Å². The van der Waals surface area contributed by atoms with Crippen molar-refractivity contribution in [2.45, 2.75) is 6.92 Å². The third-order valence-electron chi connectivity index (χ3n) is 1.95. The van der Waals surface area contributed by atoms with Gasteiger partial charge in [-0.15, -0.1) is 0 Å². The molecular weight excluding hydrogens is 194 g/mol. The lowest BCUT2D eigenvalue weighted by Gasteiger charge is -2.05. The van der Waals surface area contributed by atoms with Gasteiger partial charge >= 0.3 is 0 Å². The highest BCUT2D eigenvalue weighted by Crippen LogP contribution is 2.01. The van der Waals surface area contributed by atoms with Gasteiger partial charge in [0.05, 0.1) is 18.8 Å². The standard InChI is InChI=1S/C9H17N5O/c1-7-6-8(14(2)13-7)9(12-10)11-4-5-15-3/h6H,4-5,10H2,1-3H3,(H,11,12). The molecule has 0 aliphatic heterocycles. The second kappa shape index (κ2) is 5.47. The Hall–Kier alpha value is -1.40. The number of nitrogens with two attached hydrogens (primary N) is 1. The van der Waals surface area contributed by atoms with Crippen LogP contribution in [-0.2, 0) is 11.8 Å². The molecule has 84 valence electrons. The van der Waals surface area contributed by atoms with Crippen LogP contribution in [0.4, 0.5) is 0 Å². The number of hydrazine groups is 1. The summed E-state index contributed by atoms with van der Waals surface area (Å²) in [6.07, 6.45) is 0. The Morgan fingerprint density at radius 1 is 1.73 bits per heavy atom. The number of hydrogen-bond donors (Lipinski definition) is 2. The van der Waals surface area contributed by atoms with Crippen molar-refractivity contribution in [1.29, 1.82) is 0 Å². The Kier molecular flexibility index (Phi) is 4.26. The average Bonchev–Trinajstić information content (AvgIpc) is 2.53. The van der Waals surface area contributed by atoms with E-state index in [9.17, 15) is 0 Å². The second-order valence-corrected chi connectivity index (χ2v) is 3.16. The van der Waals surface area contributed by atoms with Crippen LogP contribution in [0.3, 0.4) is 0 Å². The molecule has 0 radical (unpaired) electrons. The number of aryl methyl sites for hydroxylation is 2. The maximum Gasteiger partial charge on any atom is 0.161 e. The maximum absolute atomic E-state index is 5.40. The topological polar surface area (TPSA) is 77.5 Å². The predicted octanol–water partition coefficient (Wildman–Crippen LogP) is -0.415. The summed E-state index contributed by atoms with van der Waals surface area (Å²) < 4.78 is 6.65. The zero-order chi connectivity index (χ0) is 11.3. The Labute approximate surface area is 89.1 Å². The van der Waals surface area contributed by atoms with E-state index >= 15 is 0 Å². The molecule has 0 saturated heterocycles. The van der Waals surface area contributed by atoms with Gasteiger partial charge in [0, 0.05) is 14.2 Å². The van der Waals surface area contributed by atoms with Gasteiger partial charge in [-0.25, -0.2) is 5.84 Å². The summed E-state index contributed by atoms with van der Waals surface area (Å²) in [4.78, 5) is 4.27. The van der Waals surface area contributed by atoms with Gasteiger partial charge in [-0.1, -0.05) is 0 Å². The summed E-state index contributed by atoms with van der Waals surface area (Å²) in [5.74, 6) is 6.02. The smallest absolute Gasteiger partial charge is 0.161 e. The molecule has 1 rings (SSSR count). The number of nitrogens with zero attached hydrogens (tertiary/aromatic N) is 3. The second-order valence-electron chi connectivity index (χ2n) is 3.16. The number of aliphatic imine (C=N–C) groups is 1. The highest BCUT2D eigenvalue weighted by Gasteiger charge is 2.07. The van der Waals surface area contributed by atoms with E-state index in [1.165, 1.54) is 0 Å². The van der Waals surface area contributed by atoms with Crippen LogP contribution in [0.15, 0.2) is 11.1 Å². The predicted molar refractivity (Wildman–Crippen MR) is 58.5 cm³/mol. The summed E-state index contributed by atoms with van der Waals surface area (Å²) in [5, 5.41) is 4.22. The van der Waals surface area contributed by atoms with Crippen LogP contribution < -0.4 is 11.3 Å². The Bertz CT molecular complexity index is 344. The molecule has 15 heavy (non-hydrogen) atoms. The lowest BCUT2D eigenvalue weighted by atomic mass is 10.3. The number of hydrogen-bond acceptors (Lipinski definition) is 4. The highest BCUT2D eigenvalue weighted by molar-refractivity contribution is 5.96. The van der Waals surface area contributed by atoms with Crippen LogP contribution >= 0.6 is 0 Å². The Balaban J connectivity index is 2.82. The molecular formula is C9H17N5O. The van der Waals surface area contributed by atoms with Crippen molar-refractivity contribution >= 4 is 5.84 Å². The zero-order valence-electron chi connectivity index (χ0n) is 9.32. The third kappa shape index (κ3) is 3.03. The van der Waals surface area contributed by atoms with Gasteiger partial charge in [-0.3, -0.25) is 9.67 Å². The van der Waals surface area contributed by atoms with Crippen molar-refractivity contribution in [3.05, 3.63) is 17.5 Å². The first-order valence-electron chi connectivity index (χ1n) is 4.70.